The van der Waals surface area contributed by atoms with Crippen molar-refractivity contribution < 1.29 is 14.4 Å². The summed E-state index contributed by atoms with van der Waals surface area (Å²) in [4.78, 5) is 52.0. The van der Waals surface area contributed by atoms with Crippen LogP contribution in [0.25, 0.3) is 0 Å². The van der Waals surface area contributed by atoms with Gasteiger partial charge in [0.25, 0.3) is 11.8 Å². The smallest absolute Gasteiger partial charge is 0.283 e. The minimum Gasteiger partial charge on any atom is -0.367 e. The fourth-order valence-corrected chi connectivity index (χ4v) is 6.02. The summed E-state index contributed by atoms with van der Waals surface area (Å²) >= 11 is 12.6. The number of aromatic nitrogens is 2. The van der Waals surface area contributed by atoms with Gasteiger partial charge in [-0.2, -0.15) is 0 Å². The highest BCUT2D eigenvalue weighted by Crippen LogP contribution is 2.28. The van der Waals surface area contributed by atoms with E-state index in [1.807, 2.05) is 7.05 Å². The summed E-state index contributed by atoms with van der Waals surface area (Å²) in [5, 5.41) is 9.60. The van der Waals surface area contributed by atoms with Gasteiger partial charge in [-0.25, -0.2) is 9.97 Å². The van der Waals surface area contributed by atoms with Crippen LogP contribution >= 0.6 is 35.2 Å². The molecule has 1 aliphatic heterocycles. The largest absolute Gasteiger partial charge is 0.367 e. The van der Waals surface area contributed by atoms with Crippen molar-refractivity contribution in [3.63, 3.8) is 0 Å². The van der Waals surface area contributed by atoms with Crippen LogP contribution in [0, 0.1) is 5.92 Å². The number of rotatable bonds is 5. The second-order valence-corrected chi connectivity index (χ2v) is 11.5. The molecule has 1 aliphatic carbocycles. The molecule has 37 heavy (non-hydrogen) atoms. The average Bonchev–Trinajstić information content (AvgIpc) is 3.29. The monoisotopic (exact) mass is 563 g/mol. The molecule has 0 radical (unpaired) electrons. The lowest BCUT2D eigenvalue weighted by molar-refractivity contribution is -0.134. The average molecular weight is 564 g/mol. The van der Waals surface area contributed by atoms with E-state index < -0.39 is 11.9 Å². The van der Waals surface area contributed by atoms with Crippen molar-refractivity contribution in [3.8, 4) is 0 Å². The molecule has 2 aliphatic rings. The lowest BCUT2D eigenvalue weighted by Crippen LogP contribution is -2.56. The van der Waals surface area contributed by atoms with Crippen LogP contribution in [0.2, 0.25) is 5.15 Å². The van der Waals surface area contributed by atoms with Crippen LogP contribution in [0.5, 0.6) is 0 Å². The molecular weight excluding hydrogens is 534 g/mol. The van der Waals surface area contributed by atoms with Crippen LogP contribution in [0.4, 0.5) is 5.69 Å². The third kappa shape index (κ3) is 6.81. The second-order valence-electron chi connectivity index (χ2n) is 9.60. The molecule has 1 fully saturated rings. The predicted molar refractivity (Wildman–Crippen MR) is 147 cm³/mol. The topological polar surface area (TPSA) is 120 Å². The van der Waals surface area contributed by atoms with Gasteiger partial charge in [0.2, 0.25) is 5.91 Å². The summed E-state index contributed by atoms with van der Waals surface area (Å²) in [6, 6.07) is 2.46. The molecule has 4 rings (SSSR count). The quantitative estimate of drug-likeness (QED) is 0.374. The van der Waals surface area contributed by atoms with Gasteiger partial charge >= 0.3 is 0 Å². The highest BCUT2D eigenvalue weighted by Gasteiger charge is 2.37. The number of nitrogens with one attached hydrogen (secondary N) is 3. The lowest BCUT2D eigenvalue weighted by Gasteiger charge is -2.37. The van der Waals surface area contributed by atoms with Gasteiger partial charge in [-0.15, -0.1) is 11.3 Å². The number of nitrogens with zero attached hydrogens (tertiary/aromatic N) is 4. The van der Waals surface area contributed by atoms with E-state index in [1.54, 1.807) is 31.1 Å². The van der Waals surface area contributed by atoms with Crippen LogP contribution in [-0.2, 0) is 22.6 Å². The van der Waals surface area contributed by atoms with Gasteiger partial charge in [0.05, 0.1) is 23.6 Å². The third-order valence-electron chi connectivity index (χ3n) is 6.58. The molecule has 0 aromatic carbocycles. The van der Waals surface area contributed by atoms with E-state index in [4.69, 9.17) is 23.8 Å². The Bertz CT molecular complexity index is 1190. The Morgan fingerprint density at radius 1 is 1.19 bits per heavy atom. The van der Waals surface area contributed by atoms with Gasteiger partial charge in [0, 0.05) is 50.4 Å². The molecule has 2 aromatic rings. The molecule has 3 N–H and O–H groups in total. The number of carbonyl (C=O) groups is 3. The van der Waals surface area contributed by atoms with Crippen LogP contribution in [0.15, 0.2) is 18.3 Å². The first-order chi connectivity index (χ1) is 17.6. The summed E-state index contributed by atoms with van der Waals surface area (Å²) in [5.41, 5.74) is 1.43. The van der Waals surface area contributed by atoms with Crippen molar-refractivity contribution in [2.24, 2.45) is 5.92 Å². The second kappa shape index (κ2) is 11.8. The number of hydrogen-bond donors (Lipinski definition) is 3. The Balaban J connectivity index is 1.45. The zero-order valence-electron chi connectivity index (χ0n) is 20.9. The van der Waals surface area contributed by atoms with Gasteiger partial charge < -0.3 is 25.8 Å². The number of carbonyl (C=O) groups excluding carboxylic acids is 3. The molecule has 3 amide bonds. The fraction of sp³-hybridized carbons (Fsp3) is 0.500. The Morgan fingerprint density at radius 3 is 2.68 bits per heavy atom. The van der Waals surface area contributed by atoms with Crippen LogP contribution in [-0.4, -0.2) is 82.2 Å². The van der Waals surface area contributed by atoms with Gasteiger partial charge in [-0.05, 0) is 38.4 Å². The van der Waals surface area contributed by atoms with Gasteiger partial charge in [-0.3, -0.25) is 14.4 Å². The molecule has 198 valence electrons. The predicted octanol–water partition coefficient (Wildman–Crippen LogP) is 2.09. The normalized spacial score (nSPS) is 21.5. The van der Waals surface area contributed by atoms with E-state index in [1.165, 1.54) is 17.5 Å². The molecule has 0 saturated heterocycles. The minimum absolute atomic E-state index is 0.00988. The number of likely N-dealkylation sites (N-methyl/N-ethyl adjacent to an activating group) is 1. The summed E-state index contributed by atoms with van der Waals surface area (Å²) in [5.74, 6) is -0.994. The summed E-state index contributed by atoms with van der Waals surface area (Å²) in [6.07, 6.45) is 3.86. The molecule has 3 unspecified atom stereocenters. The first kappa shape index (κ1) is 27.4. The van der Waals surface area contributed by atoms with Crippen molar-refractivity contribution in [2.75, 3.05) is 33.0 Å². The first-order valence-corrected chi connectivity index (χ1v) is 13.6. The first-order valence-electron chi connectivity index (χ1n) is 12.0. The van der Waals surface area contributed by atoms with Gasteiger partial charge in [-0.1, -0.05) is 23.8 Å². The third-order valence-corrected chi connectivity index (χ3v) is 8.19. The molecule has 1 saturated carbocycles. The van der Waals surface area contributed by atoms with Crippen molar-refractivity contribution in [2.45, 2.75) is 44.3 Å². The maximum Gasteiger partial charge on any atom is 0.283 e. The summed E-state index contributed by atoms with van der Waals surface area (Å²) in [7, 11) is 5.50. The number of anilines is 1. The maximum atomic E-state index is 13.2. The highest BCUT2D eigenvalue weighted by molar-refractivity contribution is 7.82. The van der Waals surface area contributed by atoms with Crippen molar-refractivity contribution in [1.82, 2.24) is 30.4 Å². The zero-order valence-corrected chi connectivity index (χ0v) is 23.3. The van der Waals surface area contributed by atoms with E-state index >= 15 is 0 Å². The molecule has 10 nitrogen and oxygen atoms in total. The standard InChI is InChI=1S/C24H30ClN7O3S2/c1-31(2)24(35)13-4-6-15(29-22(36)20(33)27-14-5-7-19(25)26-11-14)17(10-13)28-21(34)23-30-16-8-9-32(3)12-18(16)37-23/h5,7,11,13,15,17H,4,6,8-10,12H2,1-3H3,(H,27,33)(H,28,34)(H,29,36). The van der Waals surface area contributed by atoms with E-state index in [2.05, 4.69) is 30.8 Å². The van der Waals surface area contributed by atoms with Crippen molar-refractivity contribution >= 4 is 63.6 Å². The van der Waals surface area contributed by atoms with E-state index in [9.17, 15) is 14.4 Å². The number of amides is 3. The molecule has 0 spiro atoms. The molecule has 2 aromatic heterocycles. The minimum atomic E-state index is -0.493. The summed E-state index contributed by atoms with van der Waals surface area (Å²) in [6.45, 7) is 1.69. The zero-order chi connectivity index (χ0) is 26.7. The van der Waals surface area contributed by atoms with Crippen LogP contribution in [0.1, 0.15) is 39.6 Å². The van der Waals surface area contributed by atoms with E-state index in [0.717, 1.165) is 30.1 Å². The van der Waals surface area contributed by atoms with Crippen molar-refractivity contribution in [1.29, 1.82) is 0 Å². The van der Waals surface area contributed by atoms with Gasteiger partial charge in [0.15, 0.2) is 10.00 Å². The van der Waals surface area contributed by atoms with Crippen molar-refractivity contribution in [3.05, 3.63) is 39.1 Å². The molecular formula is C24H30ClN7O3S2. The number of hydrogen-bond acceptors (Lipinski definition) is 8. The SMILES string of the molecule is CN1CCc2nc(C(=O)NC3CC(C(=O)N(C)C)CCC3NC(=S)C(=O)Nc3ccc(Cl)nc3)sc2C1. The summed E-state index contributed by atoms with van der Waals surface area (Å²) < 4.78 is 0. The van der Waals surface area contributed by atoms with Crippen LogP contribution < -0.4 is 16.0 Å². The number of thiocarbonyl (C=S) groups is 1. The Morgan fingerprint density at radius 2 is 1.97 bits per heavy atom. The Labute approximate surface area is 230 Å². The number of pyridine rings is 1. The van der Waals surface area contributed by atoms with Gasteiger partial charge in [0.1, 0.15) is 5.15 Å². The molecule has 3 heterocycles. The maximum absolute atomic E-state index is 13.2. The molecule has 13 heteroatoms. The lowest BCUT2D eigenvalue weighted by atomic mass is 9.81. The molecule has 0 bridgehead atoms. The van der Waals surface area contributed by atoms with E-state index in [0.29, 0.717) is 35.1 Å². The number of halogens is 1. The van der Waals surface area contributed by atoms with Crippen LogP contribution in [0.3, 0.4) is 0 Å². The number of thiazole rings is 1. The fourth-order valence-electron chi connectivity index (χ4n) is 4.61. The number of fused-ring (bicyclic) bond motifs is 1. The Kier molecular flexibility index (Phi) is 8.73. The Hall–Kier alpha value is -2.67. The highest BCUT2D eigenvalue weighted by atomic mass is 35.5. The molecule has 3 atom stereocenters. The van der Waals surface area contributed by atoms with E-state index in [-0.39, 0.29) is 28.8 Å².